The van der Waals surface area contributed by atoms with E-state index in [1.54, 1.807) is 50.6 Å². The zero-order valence-electron chi connectivity index (χ0n) is 13.1. The van der Waals surface area contributed by atoms with Gasteiger partial charge in [0.2, 0.25) is 5.90 Å². The highest BCUT2D eigenvalue weighted by molar-refractivity contribution is 6.34. The second-order valence-electron chi connectivity index (χ2n) is 4.95. The van der Waals surface area contributed by atoms with E-state index in [4.69, 9.17) is 25.8 Å². The molecule has 2 aromatic carbocycles. The zero-order chi connectivity index (χ0) is 17.1. The number of hydrogen-bond donors (Lipinski definition) is 0. The molecule has 3 rings (SSSR count). The van der Waals surface area contributed by atoms with Gasteiger partial charge in [-0.1, -0.05) is 23.7 Å². The summed E-state index contributed by atoms with van der Waals surface area (Å²) in [5.41, 5.74) is 1.56. The summed E-state index contributed by atoms with van der Waals surface area (Å²) in [5.74, 6) is 1.00. The molecular weight excluding hydrogens is 330 g/mol. The van der Waals surface area contributed by atoms with Crippen LogP contribution in [0.2, 0.25) is 5.02 Å². The van der Waals surface area contributed by atoms with E-state index in [9.17, 15) is 4.79 Å². The van der Waals surface area contributed by atoms with Gasteiger partial charge in [0.05, 0.1) is 24.8 Å². The number of benzene rings is 2. The number of carbonyl (C=O) groups excluding carboxylic acids is 1. The standard InChI is InChI=1S/C18H14ClNO4/c1-22-12-5-3-11(4-6-12)9-16-18(21)24-17(20-16)14-8-7-13(23-2)10-15(14)19/h3-10H,1-2H3/b16-9-. The fraction of sp³-hybridized carbons (Fsp3) is 0.111. The van der Waals surface area contributed by atoms with E-state index >= 15 is 0 Å². The van der Waals surface area contributed by atoms with Crippen LogP contribution < -0.4 is 9.47 Å². The van der Waals surface area contributed by atoms with Crippen LogP contribution in [0.25, 0.3) is 6.08 Å². The molecule has 0 spiro atoms. The van der Waals surface area contributed by atoms with Crippen LogP contribution in [0.5, 0.6) is 11.5 Å². The summed E-state index contributed by atoms with van der Waals surface area (Å²) in [6.45, 7) is 0. The van der Waals surface area contributed by atoms with Crippen molar-refractivity contribution in [2.75, 3.05) is 14.2 Å². The van der Waals surface area contributed by atoms with Crippen molar-refractivity contribution in [3.8, 4) is 11.5 Å². The number of rotatable bonds is 4. The van der Waals surface area contributed by atoms with Gasteiger partial charge in [0.1, 0.15) is 11.5 Å². The molecular formula is C18H14ClNO4. The lowest BCUT2D eigenvalue weighted by atomic mass is 10.2. The van der Waals surface area contributed by atoms with Crippen molar-refractivity contribution in [2.45, 2.75) is 0 Å². The summed E-state index contributed by atoms with van der Waals surface area (Å²) in [6, 6.07) is 12.3. The largest absolute Gasteiger partial charge is 0.497 e. The highest BCUT2D eigenvalue weighted by Crippen LogP contribution is 2.27. The first-order valence-corrected chi connectivity index (χ1v) is 7.49. The Kier molecular flexibility index (Phi) is 4.53. The Hall–Kier alpha value is -2.79. The van der Waals surface area contributed by atoms with E-state index in [1.807, 2.05) is 12.1 Å². The lowest BCUT2D eigenvalue weighted by Gasteiger charge is -2.05. The normalized spacial score (nSPS) is 15.2. The third-order valence-corrected chi connectivity index (χ3v) is 3.76. The number of halogens is 1. The second-order valence-corrected chi connectivity index (χ2v) is 5.36. The molecule has 0 N–H and O–H groups in total. The van der Waals surface area contributed by atoms with Crippen LogP contribution in [-0.2, 0) is 9.53 Å². The maximum Gasteiger partial charge on any atom is 0.363 e. The van der Waals surface area contributed by atoms with Crippen LogP contribution in [0.4, 0.5) is 0 Å². The topological polar surface area (TPSA) is 57.1 Å². The fourth-order valence-corrected chi connectivity index (χ4v) is 2.43. The fourth-order valence-electron chi connectivity index (χ4n) is 2.18. The molecule has 2 aromatic rings. The third kappa shape index (κ3) is 3.26. The van der Waals surface area contributed by atoms with Crippen molar-refractivity contribution in [1.82, 2.24) is 0 Å². The Morgan fingerprint density at radius 1 is 1.04 bits per heavy atom. The maximum absolute atomic E-state index is 12.0. The summed E-state index contributed by atoms with van der Waals surface area (Å²) in [7, 11) is 3.14. The first-order valence-electron chi connectivity index (χ1n) is 7.11. The molecule has 0 radical (unpaired) electrons. The number of cyclic esters (lactones) is 1. The summed E-state index contributed by atoms with van der Waals surface area (Å²) < 4.78 is 15.4. The Morgan fingerprint density at radius 3 is 2.33 bits per heavy atom. The highest BCUT2D eigenvalue weighted by atomic mass is 35.5. The van der Waals surface area contributed by atoms with E-state index in [-0.39, 0.29) is 11.6 Å². The molecule has 0 amide bonds. The van der Waals surface area contributed by atoms with E-state index < -0.39 is 5.97 Å². The molecule has 122 valence electrons. The number of hydrogen-bond acceptors (Lipinski definition) is 5. The lowest BCUT2D eigenvalue weighted by molar-refractivity contribution is -0.129. The predicted molar refractivity (Wildman–Crippen MR) is 91.6 cm³/mol. The van der Waals surface area contributed by atoms with Gasteiger partial charge in [-0.25, -0.2) is 9.79 Å². The number of ether oxygens (including phenoxy) is 3. The van der Waals surface area contributed by atoms with E-state index in [1.165, 1.54) is 0 Å². The van der Waals surface area contributed by atoms with Gasteiger partial charge in [0.25, 0.3) is 0 Å². The van der Waals surface area contributed by atoms with Gasteiger partial charge in [-0.3, -0.25) is 0 Å². The minimum Gasteiger partial charge on any atom is -0.497 e. The molecule has 0 aromatic heterocycles. The second kappa shape index (κ2) is 6.76. The summed E-state index contributed by atoms with van der Waals surface area (Å²) >= 11 is 6.19. The Balaban J connectivity index is 1.91. The monoisotopic (exact) mass is 343 g/mol. The van der Waals surface area contributed by atoms with Gasteiger partial charge in [-0.2, -0.15) is 0 Å². The van der Waals surface area contributed by atoms with E-state index in [2.05, 4.69) is 4.99 Å². The maximum atomic E-state index is 12.0. The van der Waals surface area contributed by atoms with Crippen LogP contribution in [0.15, 0.2) is 53.2 Å². The minimum absolute atomic E-state index is 0.174. The third-order valence-electron chi connectivity index (χ3n) is 3.45. The van der Waals surface area contributed by atoms with E-state index in [0.717, 1.165) is 11.3 Å². The van der Waals surface area contributed by atoms with Crippen LogP contribution in [0.1, 0.15) is 11.1 Å². The van der Waals surface area contributed by atoms with Gasteiger partial charge in [-0.15, -0.1) is 0 Å². The van der Waals surface area contributed by atoms with Crippen LogP contribution in [0, 0.1) is 0 Å². The highest BCUT2D eigenvalue weighted by Gasteiger charge is 2.25. The van der Waals surface area contributed by atoms with Crippen molar-refractivity contribution < 1.29 is 19.0 Å². The van der Waals surface area contributed by atoms with Crippen molar-refractivity contribution in [1.29, 1.82) is 0 Å². The molecule has 6 heteroatoms. The average molecular weight is 344 g/mol. The predicted octanol–water partition coefficient (Wildman–Crippen LogP) is 3.70. The van der Waals surface area contributed by atoms with Crippen molar-refractivity contribution in [2.24, 2.45) is 4.99 Å². The number of carbonyl (C=O) groups is 1. The number of methoxy groups -OCH3 is 2. The first kappa shape index (κ1) is 16.1. The molecule has 1 aliphatic rings. The molecule has 1 aliphatic heterocycles. The molecule has 0 fully saturated rings. The quantitative estimate of drug-likeness (QED) is 0.627. The van der Waals surface area contributed by atoms with Gasteiger partial charge < -0.3 is 14.2 Å². The van der Waals surface area contributed by atoms with Gasteiger partial charge >= 0.3 is 5.97 Å². The summed E-state index contributed by atoms with van der Waals surface area (Å²) in [4.78, 5) is 16.3. The van der Waals surface area contributed by atoms with Gasteiger partial charge in [0.15, 0.2) is 5.70 Å². The molecule has 0 saturated heterocycles. The Labute approximate surface area is 144 Å². The zero-order valence-corrected chi connectivity index (χ0v) is 13.8. The Morgan fingerprint density at radius 2 is 1.71 bits per heavy atom. The molecule has 0 saturated carbocycles. The molecule has 0 aliphatic carbocycles. The smallest absolute Gasteiger partial charge is 0.363 e. The van der Waals surface area contributed by atoms with Crippen molar-refractivity contribution in [3.63, 3.8) is 0 Å². The van der Waals surface area contributed by atoms with E-state index in [0.29, 0.717) is 16.3 Å². The molecule has 0 unspecified atom stereocenters. The van der Waals surface area contributed by atoms with Crippen LogP contribution >= 0.6 is 11.6 Å². The molecule has 5 nitrogen and oxygen atoms in total. The minimum atomic E-state index is -0.521. The lowest BCUT2D eigenvalue weighted by Crippen LogP contribution is -2.06. The molecule has 1 heterocycles. The number of nitrogens with zero attached hydrogens (tertiary/aromatic N) is 1. The van der Waals surface area contributed by atoms with Crippen molar-refractivity contribution in [3.05, 3.63) is 64.3 Å². The van der Waals surface area contributed by atoms with Crippen LogP contribution in [0.3, 0.4) is 0 Å². The van der Waals surface area contributed by atoms with Crippen LogP contribution in [-0.4, -0.2) is 26.1 Å². The number of aliphatic imine (C=N–C) groups is 1. The number of esters is 1. The molecule has 0 atom stereocenters. The SMILES string of the molecule is COc1ccc(/C=C2\N=C(c3ccc(OC)cc3Cl)OC2=O)cc1. The van der Waals surface area contributed by atoms with Crippen molar-refractivity contribution >= 4 is 29.5 Å². The van der Waals surface area contributed by atoms with Gasteiger partial charge in [-0.05, 0) is 42.0 Å². The molecule has 0 bridgehead atoms. The average Bonchev–Trinajstić information content (AvgIpc) is 2.95. The summed E-state index contributed by atoms with van der Waals surface area (Å²) in [5, 5.41) is 0.395. The Bertz CT molecular complexity index is 841. The van der Waals surface area contributed by atoms with Gasteiger partial charge in [0, 0.05) is 0 Å². The molecule has 24 heavy (non-hydrogen) atoms. The first-order chi connectivity index (χ1) is 11.6. The summed E-state index contributed by atoms with van der Waals surface area (Å²) in [6.07, 6.45) is 1.65.